The van der Waals surface area contributed by atoms with E-state index in [-0.39, 0.29) is 30.6 Å². The van der Waals surface area contributed by atoms with E-state index in [4.69, 9.17) is 0 Å². The van der Waals surface area contributed by atoms with Crippen LogP contribution in [0.2, 0.25) is 0 Å². The molecule has 1 aromatic carbocycles. The molecule has 0 spiro atoms. The Morgan fingerprint density at radius 3 is 2.77 bits per heavy atom. The highest BCUT2D eigenvalue weighted by Crippen LogP contribution is 2.19. The highest BCUT2D eigenvalue weighted by Gasteiger charge is 2.10. The van der Waals surface area contributed by atoms with E-state index >= 15 is 0 Å². The summed E-state index contributed by atoms with van der Waals surface area (Å²) < 4.78 is 13.5. The SMILES string of the molecule is CC(=O)NCCC(=O)Nc1nnc(Cc2ccccc2F)s1. The van der Waals surface area contributed by atoms with Gasteiger partial charge in [-0.1, -0.05) is 29.5 Å². The lowest BCUT2D eigenvalue weighted by Crippen LogP contribution is -2.25. The van der Waals surface area contributed by atoms with Gasteiger partial charge in [0.15, 0.2) is 0 Å². The number of nitrogens with one attached hydrogen (secondary N) is 2. The minimum Gasteiger partial charge on any atom is -0.356 e. The van der Waals surface area contributed by atoms with Crippen LogP contribution in [-0.4, -0.2) is 28.6 Å². The Morgan fingerprint density at radius 2 is 2.05 bits per heavy atom. The van der Waals surface area contributed by atoms with Crippen molar-refractivity contribution in [2.75, 3.05) is 11.9 Å². The molecule has 0 fully saturated rings. The summed E-state index contributed by atoms with van der Waals surface area (Å²) in [6.07, 6.45) is 0.480. The van der Waals surface area contributed by atoms with Crippen LogP contribution in [0.25, 0.3) is 0 Å². The summed E-state index contributed by atoms with van der Waals surface area (Å²) in [5.74, 6) is -0.739. The summed E-state index contributed by atoms with van der Waals surface area (Å²) >= 11 is 1.20. The fourth-order valence-electron chi connectivity index (χ4n) is 1.71. The number of hydrogen-bond acceptors (Lipinski definition) is 5. The van der Waals surface area contributed by atoms with E-state index in [9.17, 15) is 14.0 Å². The summed E-state index contributed by atoms with van der Waals surface area (Å²) in [6.45, 7) is 1.65. The number of halogens is 1. The molecule has 2 aromatic rings. The number of hydrogen-bond donors (Lipinski definition) is 2. The maximum Gasteiger partial charge on any atom is 0.227 e. The molecule has 0 aliphatic rings. The van der Waals surface area contributed by atoms with Crippen LogP contribution in [0, 0.1) is 5.82 Å². The van der Waals surface area contributed by atoms with Gasteiger partial charge in [-0.05, 0) is 11.6 Å². The molecule has 0 saturated carbocycles. The van der Waals surface area contributed by atoms with Crippen LogP contribution in [0.5, 0.6) is 0 Å². The van der Waals surface area contributed by atoms with Gasteiger partial charge in [0.05, 0.1) is 0 Å². The maximum absolute atomic E-state index is 13.5. The predicted octanol–water partition coefficient (Wildman–Crippen LogP) is 1.73. The molecule has 0 unspecified atom stereocenters. The second-order valence-corrected chi connectivity index (χ2v) is 5.61. The Balaban J connectivity index is 1.87. The first kappa shape index (κ1) is 16.0. The Bertz CT molecular complexity index is 674. The third kappa shape index (κ3) is 4.88. The molecular formula is C14H15FN4O2S. The minimum atomic E-state index is -0.293. The highest BCUT2D eigenvalue weighted by atomic mass is 32.1. The summed E-state index contributed by atoms with van der Waals surface area (Å²) in [6, 6.07) is 6.45. The molecule has 116 valence electrons. The van der Waals surface area contributed by atoms with E-state index in [1.807, 2.05) is 0 Å². The van der Waals surface area contributed by atoms with Crippen molar-refractivity contribution >= 4 is 28.3 Å². The number of nitrogens with zero attached hydrogens (tertiary/aromatic N) is 2. The van der Waals surface area contributed by atoms with Gasteiger partial charge in [0, 0.05) is 26.3 Å². The largest absolute Gasteiger partial charge is 0.356 e. The zero-order chi connectivity index (χ0) is 15.9. The van der Waals surface area contributed by atoms with Gasteiger partial charge in [-0.2, -0.15) is 0 Å². The molecule has 2 rings (SSSR count). The van der Waals surface area contributed by atoms with Crippen molar-refractivity contribution in [2.45, 2.75) is 19.8 Å². The number of amides is 2. The van der Waals surface area contributed by atoms with Crippen molar-refractivity contribution in [3.8, 4) is 0 Å². The van der Waals surface area contributed by atoms with Crippen LogP contribution in [0.4, 0.5) is 9.52 Å². The van der Waals surface area contributed by atoms with Crippen molar-refractivity contribution < 1.29 is 14.0 Å². The Labute approximate surface area is 130 Å². The summed E-state index contributed by atoms with van der Waals surface area (Å²) in [5, 5.41) is 13.9. The molecule has 1 aromatic heterocycles. The zero-order valence-electron chi connectivity index (χ0n) is 11.9. The highest BCUT2D eigenvalue weighted by molar-refractivity contribution is 7.15. The number of carbonyl (C=O) groups is 2. The van der Waals surface area contributed by atoms with Crippen LogP contribution in [0.1, 0.15) is 23.9 Å². The molecule has 0 bridgehead atoms. The summed E-state index contributed by atoms with van der Waals surface area (Å²) in [4.78, 5) is 22.3. The molecule has 2 amide bonds. The van der Waals surface area contributed by atoms with Gasteiger partial charge in [-0.25, -0.2) is 4.39 Å². The van der Waals surface area contributed by atoms with Gasteiger partial charge in [-0.15, -0.1) is 10.2 Å². The molecule has 6 nitrogen and oxygen atoms in total. The number of carbonyl (C=O) groups excluding carboxylic acids is 2. The van der Waals surface area contributed by atoms with Crippen molar-refractivity contribution in [3.05, 3.63) is 40.7 Å². The van der Waals surface area contributed by atoms with Crippen LogP contribution in [0.3, 0.4) is 0 Å². The molecule has 1 heterocycles. The monoisotopic (exact) mass is 322 g/mol. The zero-order valence-corrected chi connectivity index (χ0v) is 12.7. The van der Waals surface area contributed by atoms with Crippen molar-refractivity contribution in [1.82, 2.24) is 15.5 Å². The topological polar surface area (TPSA) is 84.0 Å². The molecule has 0 aliphatic carbocycles. The Kier molecular flexibility index (Phi) is 5.54. The lowest BCUT2D eigenvalue weighted by atomic mass is 10.1. The summed E-state index contributed by atoms with van der Waals surface area (Å²) in [5.41, 5.74) is 0.530. The van der Waals surface area contributed by atoms with Gasteiger partial charge < -0.3 is 10.6 Å². The molecule has 2 N–H and O–H groups in total. The molecule has 0 aliphatic heterocycles. The van der Waals surface area contributed by atoms with Crippen molar-refractivity contribution in [3.63, 3.8) is 0 Å². The molecular weight excluding hydrogens is 307 g/mol. The van der Waals surface area contributed by atoms with E-state index in [1.54, 1.807) is 18.2 Å². The first-order chi connectivity index (χ1) is 10.5. The minimum absolute atomic E-state index is 0.155. The second kappa shape index (κ2) is 7.60. The molecule has 8 heteroatoms. The lowest BCUT2D eigenvalue weighted by Gasteiger charge is -2.01. The smallest absolute Gasteiger partial charge is 0.227 e. The normalized spacial score (nSPS) is 10.3. The Hall–Kier alpha value is -2.35. The van der Waals surface area contributed by atoms with Crippen LogP contribution >= 0.6 is 11.3 Å². The fraction of sp³-hybridized carbons (Fsp3) is 0.286. The fourth-order valence-corrected chi connectivity index (χ4v) is 2.49. The van der Waals surface area contributed by atoms with Crippen LogP contribution < -0.4 is 10.6 Å². The van der Waals surface area contributed by atoms with E-state index in [2.05, 4.69) is 20.8 Å². The van der Waals surface area contributed by atoms with Crippen LogP contribution in [-0.2, 0) is 16.0 Å². The van der Waals surface area contributed by atoms with Crippen molar-refractivity contribution in [2.24, 2.45) is 0 Å². The quantitative estimate of drug-likeness (QED) is 0.848. The standard InChI is InChI=1S/C14H15FN4O2S/c1-9(20)16-7-6-12(21)17-14-19-18-13(22-14)8-10-4-2-3-5-11(10)15/h2-5H,6-8H2,1H3,(H,16,20)(H,17,19,21). The molecule has 0 radical (unpaired) electrons. The van der Waals surface area contributed by atoms with Crippen LogP contribution in [0.15, 0.2) is 24.3 Å². The van der Waals surface area contributed by atoms with E-state index < -0.39 is 0 Å². The lowest BCUT2D eigenvalue weighted by molar-refractivity contribution is -0.119. The first-order valence-electron chi connectivity index (χ1n) is 6.64. The third-order valence-electron chi connectivity index (χ3n) is 2.74. The number of anilines is 1. The second-order valence-electron chi connectivity index (χ2n) is 4.55. The number of rotatable bonds is 6. The third-order valence-corrected chi connectivity index (χ3v) is 3.58. The maximum atomic E-state index is 13.5. The van der Waals surface area contributed by atoms with Gasteiger partial charge >= 0.3 is 0 Å². The number of benzene rings is 1. The Morgan fingerprint density at radius 1 is 1.27 bits per heavy atom. The van der Waals surface area contributed by atoms with E-state index in [0.29, 0.717) is 22.1 Å². The number of aromatic nitrogens is 2. The van der Waals surface area contributed by atoms with Gasteiger partial charge in [-0.3, -0.25) is 9.59 Å². The molecule has 0 saturated heterocycles. The first-order valence-corrected chi connectivity index (χ1v) is 7.46. The molecule has 0 atom stereocenters. The predicted molar refractivity (Wildman–Crippen MR) is 81.0 cm³/mol. The van der Waals surface area contributed by atoms with Crippen molar-refractivity contribution in [1.29, 1.82) is 0 Å². The average molecular weight is 322 g/mol. The summed E-state index contributed by atoms with van der Waals surface area (Å²) in [7, 11) is 0. The molecule has 22 heavy (non-hydrogen) atoms. The van der Waals surface area contributed by atoms with Gasteiger partial charge in [0.2, 0.25) is 16.9 Å². The van der Waals surface area contributed by atoms with Gasteiger partial charge in [0.1, 0.15) is 10.8 Å². The van der Waals surface area contributed by atoms with E-state index in [0.717, 1.165) is 0 Å². The average Bonchev–Trinajstić information content (AvgIpc) is 2.88. The van der Waals surface area contributed by atoms with E-state index in [1.165, 1.54) is 24.3 Å². The van der Waals surface area contributed by atoms with Gasteiger partial charge in [0.25, 0.3) is 0 Å².